The van der Waals surface area contributed by atoms with Crippen molar-refractivity contribution in [1.29, 1.82) is 0 Å². The molecule has 5 nitrogen and oxygen atoms in total. The maximum absolute atomic E-state index is 14.9. The van der Waals surface area contributed by atoms with E-state index >= 15 is 0 Å². The Labute approximate surface area is 134 Å². The Balaban J connectivity index is 2.26. The van der Waals surface area contributed by atoms with E-state index in [-0.39, 0.29) is 11.6 Å². The molecule has 0 aliphatic carbocycles. The zero-order chi connectivity index (χ0) is 16.7. The van der Waals surface area contributed by atoms with Crippen molar-refractivity contribution in [2.45, 2.75) is 32.7 Å². The lowest BCUT2D eigenvalue weighted by molar-refractivity contribution is 0.0602. The molecule has 1 aliphatic heterocycles. The summed E-state index contributed by atoms with van der Waals surface area (Å²) in [5.74, 6) is -0.953. The first-order valence-electron chi connectivity index (χ1n) is 7.84. The Morgan fingerprint density at radius 2 is 2.22 bits per heavy atom. The molecule has 124 valence electrons. The van der Waals surface area contributed by atoms with Crippen LogP contribution in [0.1, 0.15) is 34.5 Å². The molecule has 0 bridgehead atoms. The van der Waals surface area contributed by atoms with Crippen molar-refractivity contribution in [2.24, 2.45) is 5.73 Å². The maximum atomic E-state index is 14.9. The zero-order valence-electron chi connectivity index (χ0n) is 13.7. The molecule has 1 aromatic carbocycles. The minimum atomic E-state index is -0.544. The second-order valence-corrected chi connectivity index (χ2v) is 6.22. The van der Waals surface area contributed by atoms with Crippen LogP contribution in [0.25, 0.3) is 10.9 Å². The second-order valence-electron chi connectivity index (χ2n) is 6.22. The molecule has 1 atom stereocenters. The van der Waals surface area contributed by atoms with Gasteiger partial charge in [0.1, 0.15) is 5.82 Å². The summed E-state index contributed by atoms with van der Waals surface area (Å²) in [7, 11) is 1.30. The number of fused-ring (bicyclic) bond motifs is 1. The molecule has 0 saturated carbocycles. The van der Waals surface area contributed by atoms with Crippen LogP contribution in [0.2, 0.25) is 0 Å². The van der Waals surface area contributed by atoms with E-state index in [2.05, 4.69) is 4.98 Å². The lowest BCUT2D eigenvalue weighted by Crippen LogP contribution is -2.43. The average molecular weight is 319 g/mol. The molecule has 1 unspecified atom stereocenters. The summed E-state index contributed by atoms with van der Waals surface area (Å²) in [4.78, 5) is 17.2. The molecule has 1 aliphatic rings. The minimum Gasteiger partial charge on any atom is -0.465 e. The summed E-state index contributed by atoms with van der Waals surface area (Å²) >= 11 is 0. The van der Waals surface area contributed by atoms with Gasteiger partial charge in [-0.2, -0.15) is 0 Å². The molecule has 3 rings (SSSR count). The molecular formula is C17H22FN3O2. The fourth-order valence-corrected chi connectivity index (χ4v) is 3.40. The Hall–Kier alpha value is -2.08. The van der Waals surface area contributed by atoms with Crippen molar-refractivity contribution in [3.8, 4) is 0 Å². The van der Waals surface area contributed by atoms with Gasteiger partial charge in [-0.15, -0.1) is 0 Å². The molecular weight excluding hydrogens is 297 g/mol. The minimum absolute atomic E-state index is 0.0406. The highest BCUT2D eigenvalue weighted by molar-refractivity contribution is 6.09. The first kappa shape index (κ1) is 15.8. The van der Waals surface area contributed by atoms with Crippen LogP contribution in [-0.2, 0) is 4.74 Å². The van der Waals surface area contributed by atoms with Gasteiger partial charge < -0.3 is 20.4 Å². The zero-order valence-corrected chi connectivity index (χ0v) is 13.7. The number of aromatic nitrogens is 1. The highest BCUT2D eigenvalue weighted by Gasteiger charge is 2.27. The lowest BCUT2D eigenvalue weighted by atomic mass is 10.0. The van der Waals surface area contributed by atoms with Crippen molar-refractivity contribution in [3.05, 3.63) is 28.7 Å². The second kappa shape index (κ2) is 5.85. The lowest BCUT2D eigenvalue weighted by Gasteiger charge is -2.33. The number of nitrogens with one attached hydrogen (secondary N) is 1. The summed E-state index contributed by atoms with van der Waals surface area (Å²) in [6.45, 7) is 5.23. The third kappa shape index (κ3) is 2.57. The van der Waals surface area contributed by atoms with E-state index in [9.17, 15) is 9.18 Å². The largest absolute Gasteiger partial charge is 0.465 e. The van der Waals surface area contributed by atoms with Gasteiger partial charge in [0.15, 0.2) is 0 Å². The van der Waals surface area contributed by atoms with Crippen molar-refractivity contribution in [1.82, 2.24) is 4.98 Å². The Morgan fingerprint density at radius 3 is 2.87 bits per heavy atom. The Morgan fingerprint density at radius 1 is 1.48 bits per heavy atom. The number of rotatable bonds is 2. The average Bonchev–Trinajstić information content (AvgIpc) is 2.81. The summed E-state index contributed by atoms with van der Waals surface area (Å²) in [5.41, 5.74) is 9.29. The number of anilines is 1. The number of halogens is 1. The van der Waals surface area contributed by atoms with Gasteiger partial charge in [0.25, 0.3) is 0 Å². The summed E-state index contributed by atoms with van der Waals surface area (Å²) < 4.78 is 19.7. The fraction of sp³-hybridized carbons (Fsp3) is 0.471. The molecule has 2 aromatic rings. The number of H-pyrrole nitrogens is 1. The molecule has 1 fully saturated rings. The van der Waals surface area contributed by atoms with Gasteiger partial charge in [-0.1, -0.05) is 0 Å². The van der Waals surface area contributed by atoms with Crippen LogP contribution in [0.5, 0.6) is 0 Å². The van der Waals surface area contributed by atoms with Gasteiger partial charge in [-0.3, -0.25) is 0 Å². The number of hydrogen-bond donors (Lipinski definition) is 2. The van der Waals surface area contributed by atoms with E-state index in [4.69, 9.17) is 10.5 Å². The number of aryl methyl sites for hydroxylation is 2. The van der Waals surface area contributed by atoms with Gasteiger partial charge in [0.05, 0.1) is 23.9 Å². The number of piperidine rings is 1. The van der Waals surface area contributed by atoms with Gasteiger partial charge in [-0.05, 0) is 38.3 Å². The molecule has 6 heteroatoms. The number of aromatic amines is 1. The maximum Gasteiger partial charge on any atom is 0.340 e. The summed E-state index contributed by atoms with van der Waals surface area (Å²) in [5, 5.41) is 0.747. The molecule has 1 aromatic heterocycles. The van der Waals surface area contributed by atoms with E-state index in [1.807, 2.05) is 18.7 Å². The van der Waals surface area contributed by atoms with E-state index in [1.165, 1.54) is 13.2 Å². The van der Waals surface area contributed by atoms with Crippen molar-refractivity contribution in [3.63, 3.8) is 0 Å². The summed E-state index contributed by atoms with van der Waals surface area (Å²) in [6.07, 6.45) is 1.88. The van der Waals surface area contributed by atoms with Crippen molar-refractivity contribution >= 4 is 22.6 Å². The molecule has 23 heavy (non-hydrogen) atoms. The van der Waals surface area contributed by atoms with Crippen LogP contribution in [0.3, 0.4) is 0 Å². The monoisotopic (exact) mass is 319 g/mol. The fourth-order valence-electron chi connectivity index (χ4n) is 3.40. The number of methoxy groups -OCH3 is 1. The Kier molecular flexibility index (Phi) is 4.02. The van der Waals surface area contributed by atoms with E-state index in [1.54, 1.807) is 0 Å². The number of esters is 1. The Bertz CT molecular complexity index is 769. The first-order chi connectivity index (χ1) is 10.9. The quantitative estimate of drug-likeness (QED) is 0.835. The molecule has 2 heterocycles. The SMILES string of the molecule is COC(=O)c1cc(F)c(N2CCCC(N)C2)c2c(C)c(C)[nH]c12. The number of carbonyl (C=O) groups excluding carboxylic acids is 1. The number of ether oxygens (including phenoxy) is 1. The number of hydrogen-bond acceptors (Lipinski definition) is 4. The van der Waals surface area contributed by atoms with Crippen molar-refractivity contribution in [2.75, 3.05) is 25.1 Å². The smallest absolute Gasteiger partial charge is 0.340 e. The molecule has 0 radical (unpaired) electrons. The highest BCUT2D eigenvalue weighted by Crippen LogP contribution is 2.37. The van der Waals surface area contributed by atoms with Crippen LogP contribution in [0.4, 0.5) is 10.1 Å². The number of nitrogens with zero attached hydrogens (tertiary/aromatic N) is 1. The van der Waals surface area contributed by atoms with Gasteiger partial charge in [0.2, 0.25) is 0 Å². The molecule has 0 spiro atoms. The normalized spacial score (nSPS) is 18.5. The van der Waals surface area contributed by atoms with Gasteiger partial charge in [-0.25, -0.2) is 9.18 Å². The van der Waals surface area contributed by atoms with Crippen LogP contribution >= 0.6 is 0 Å². The van der Waals surface area contributed by atoms with Gasteiger partial charge >= 0.3 is 5.97 Å². The topological polar surface area (TPSA) is 71.3 Å². The molecule has 1 saturated heterocycles. The predicted molar refractivity (Wildman–Crippen MR) is 88.5 cm³/mol. The van der Waals surface area contributed by atoms with Gasteiger partial charge in [0, 0.05) is 30.2 Å². The third-order valence-electron chi connectivity index (χ3n) is 4.68. The van der Waals surface area contributed by atoms with Crippen LogP contribution < -0.4 is 10.6 Å². The number of nitrogens with two attached hydrogens (primary N) is 1. The highest BCUT2D eigenvalue weighted by atomic mass is 19.1. The van der Waals surface area contributed by atoms with Crippen LogP contribution in [0.15, 0.2) is 6.07 Å². The standard InChI is InChI=1S/C17H22FN3O2/c1-9-10(2)20-15-12(17(22)23-3)7-13(18)16(14(9)15)21-6-4-5-11(19)8-21/h7,11,20H,4-6,8,19H2,1-3H3. The predicted octanol–water partition coefficient (Wildman–Crippen LogP) is 2.64. The number of benzene rings is 1. The molecule has 3 N–H and O–H groups in total. The third-order valence-corrected chi connectivity index (χ3v) is 4.68. The van der Waals surface area contributed by atoms with Crippen molar-refractivity contribution < 1.29 is 13.9 Å². The van der Waals surface area contributed by atoms with Crippen LogP contribution in [0, 0.1) is 19.7 Å². The van der Waals surface area contributed by atoms with E-state index in [0.29, 0.717) is 17.7 Å². The summed E-state index contributed by atoms with van der Waals surface area (Å²) in [6, 6.07) is 1.30. The first-order valence-corrected chi connectivity index (χ1v) is 7.84. The molecule has 0 amide bonds. The van der Waals surface area contributed by atoms with Crippen LogP contribution in [-0.4, -0.2) is 37.2 Å². The number of carbonyl (C=O) groups is 1. The van der Waals surface area contributed by atoms with E-state index in [0.717, 1.165) is 36.0 Å². The van der Waals surface area contributed by atoms with E-state index < -0.39 is 11.8 Å².